The van der Waals surface area contributed by atoms with Crippen molar-refractivity contribution in [2.75, 3.05) is 24.7 Å². The fourth-order valence-electron chi connectivity index (χ4n) is 5.18. The first-order valence-electron chi connectivity index (χ1n) is 14.5. The van der Waals surface area contributed by atoms with Crippen LogP contribution in [-0.4, -0.2) is 129 Å². The van der Waals surface area contributed by atoms with E-state index >= 15 is 0 Å². The van der Waals surface area contributed by atoms with Crippen LogP contribution in [0.15, 0.2) is 23.8 Å². The molecule has 4 aromatic heterocycles. The molecule has 0 amide bonds. The number of H-pyrrole nitrogens is 1. The molecule has 34 heteroatoms. The van der Waals surface area contributed by atoms with E-state index in [1.165, 1.54) is 0 Å². The molecule has 4 aromatic rings. The van der Waals surface area contributed by atoms with E-state index in [-0.39, 0.29) is 34.1 Å². The summed E-state index contributed by atoms with van der Waals surface area (Å²) in [6, 6.07) is 0. The number of aliphatic hydroxyl groups excluding tert-OH is 4. The molecule has 30 nitrogen and oxygen atoms in total. The Labute approximate surface area is 297 Å². The number of anilines is 2. The number of aromatic amines is 1. The molecule has 0 saturated carbocycles. The van der Waals surface area contributed by atoms with E-state index < -0.39 is 99.1 Å². The van der Waals surface area contributed by atoms with Crippen molar-refractivity contribution in [3.8, 4) is 0 Å². The lowest BCUT2D eigenvalue weighted by Gasteiger charge is -2.21. The lowest BCUT2D eigenvalue weighted by molar-refractivity contribution is -0.0505. The monoisotopic (exact) mass is 852 g/mol. The first-order valence-corrected chi connectivity index (χ1v) is 20.5. The highest BCUT2D eigenvalue weighted by atomic mass is 31.3. The average molecular weight is 852 g/mol. The van der Waals surface area contributed by atoms with Crippen molar-refractivity contribution >= 4 is 65.4 Å². The summed E-state index contributed by atoms with van der Waals surface area (Å²) in [5, 5.41) is 41.8. The van der Waals surface area contributed by atoms with E-state index in [1.54, 1.807) is 0 Å². The van der Waals surface area contributed by atoms with Crippen LogP contribution in [0.1, 0.15) is 12.5 Å². The van der Waals surface area contributed by atoms with Crippen molar-refractivity contribution in [3.05, 3.63) is 29.3 Å². The number of fused-ring (bicyclic) bond motifs is 2. The molecule has 2 fully saturated rings. The summed E-state index contributed by atoms with van der Waals surface area (Å²) in [6.45, 7) is -2.29. The van der Waals surface area contributed by atoms with Crippen LogP contribution in [-0.2, 0) is 49.7 Å². The number of ether oxygens (including phenoxy) is 2. The Bertz CT molecular complexity index is 2310. The van der Waals surface area contributed by atoms with Crippen LogP contribution in [0.5, 0.6) is 0 Å². The Balaban J connectivity index is 1.02. The normalized spacial score (nSPS) is 30.6. The van der Waals surface area contributed by atoms with Gasteiger partial charge >= 0.3 is 31.3 Å². The number of nitrogen functional groups attached to an aromatic ring is 2. The molecule has 0 radical (unpaired) electrons. The fraction of sp³-hybridized carbons (Fsp3) is 0.500. The smallest absolute Gasteiger partial charge is 0.387 e. The van der Waals surface area contributed by atoms with Crippen LogP contribution in [0.25, 0.3) is 22.3 Å². The topological polar surface area (TPSA) is 454 Å². The number of nitrogens with zero attached hydrogens (tertiary/aromatic N) is 7. The van der Waals surface area contributed by atoms with E-state index in [1.807, 2.05) is 0 Å². The minimum absolute atomic E-state index is 0.0208. The van der Waals surface area contributed by atoms with Gasteiger partial charge in [0, 0.05) is 0 Å². The zero-order chi connectivity index (χ0) is 39.5. The van der Waals surface area contributed by atoms with Gasteiger partial charge in [-0.3, -0.25) is 28.0 Å². The molecule has 54 heavy (non-hydrogen) atoms. The molecular weight excluding hydrogens is 824 g/mol. The molecule has 0 aromatic carbocycles. The van der Waals surface area contributed by atoms with Crippen LogP contribution in [0.4, 0.5) is 11.8 Å². The number of nitrogens with one attached hydrogen (secondary N) is 1. The third-order valence-electron chi connectivity index (χ3n) is 7.48. The number of imidazole rings is 2. The molecule has 2 aliphatic heterocycles. The number of phosphoric ester groups is 2. The van der Waals surface area contributed by atoms with Crippen molar-refractivity contribution in [3.63, 3.8) is 0 Å². The largest absolute Gasteiger partial charge is 0.490 e. The van der Waals surface area contributed by atoms with E-state index in [4.69, 9.17) is 20.9 Å². The maximum Gasteiger partial charge on any atom is 0.490 e. The second-order valence-electron chi connectivity index (χ2n) is 11.2. The quantitative estimate of drug-likeness (QED) is 0.0558. The van der Waals surface area contributed by atoms with E-state index in [9.17, 15) is 63.1 Å². The summed E-state index contributed by atoms with van der Waals surface area (Å²) >= 11 is 0. The SMILES string of the molecule is Nc1nc2c(ncn2C2OC(COP(=O)(O)OP(=O)(O)OP(=O)(O)OP(=O)(O)OCC3OC(n4cnc5c(N)ncnc54)C(O)C3O)C(O)C2O)c(=O)[nH]1. The number of phosphoric acid groups is 4. The van der Waals surface area contributed by atoms with Gasteiger partial charge in [0.25, 0.3) is 5.56 Å². The summed E-state index contributed by atoms with van der Waals surface area (Å²) < 4.78 is 83.2. The highest BCUT2D eigenvalue weighted by molar-refractivity contribution is 7.69. The van der Waals surface area contributed by atoms with Gasteiger partial charge in [-0.05, 0) is 0 Å². The van der Waals surface area contributed by atoms with Gasteiger partial charge in [0.1, 0.15) is 48.5 Å². The molecule has 6 heterocycles. The summed E-state index contributed by atoms with van der Waals surface area (Å²) in [6.07, 6.45) is -10.2. The third-order valence-corrected chi connectivity index (χ3v) is 13.4. The maximum atomic E-state index is 12.4. The molecule has 12 atom stereocenters. The van der Waals surface area contributed by atoms with Crippen LogP contribution < -0.4 is 17.0 Å². The molecule has 2 saturated heterocycles. The van der Waals surface area contributed by atoms with Crippen molar-refractivity contribution in [2.24, 2.45) is 0 Å². The van der Waals surface area contributed by atoms with Crippen LogP contribution in [0.3, 0.4) is 0 Å². The van der Waals surface area contributed by atoms with Gasteiger partial charge in [-0.2, -0.15) is 17.9 Å². The molecule has 6 rings (SSSR count). The molecule has 12 unspecified atom stereocenters. The maximum absolute atomic E-state index is 12.4. The van der Waals surface area contributed by atoms with Gasteiger partial charge < -0.3 is 60.9 Å². The molecule has 0 spiro atoms. The van der Waals surface area contributed by atoms with Crippen molar-refractivity contribution in [1.29, 1.82) is 0 Å². The van der Waals surface area contributed by atoms with Gasteiger partial charge in [0.2, 0.25) is 5.95 Å². The lowest BCUT2D eigenvalue weighted by atomic mass is 10.1. The highest BCUT2D eigenvalue weighted by Crippen LogP contribution is 2.71. The molecule has 2 aliphatic rings. The lowest BCUT2D eigenvalue weighted by Crippen LogP contribution is -2.33. The summed E-state index contributed by atoms with van der Waals surface area (Å²) in [5.74, 6) is -0.354. The van der Waals surface area contributed by atoms with Gasteiger partial charge in [-0.15, -0.1) is 0 Å². The number of aromatic nitrogens is 8. The van der Waals surface area contributed by atoms with Crippen molar-refractivity contribution in [1.82, 2.24) is 39.0 Å². The molecule has 0 aliphatic carbocycles. The zero-order valence-electron chi connectivity index (χ0n) is 26.3. The van der Waals surface area contributed by atoms with E-state index in [2.05, 4.69) is 51.9 Å². The second kappa shape index (κ2) is 14.7. The number of nitrogens with two attached hydrogens (primary N) is 2. The van der Waals surface area contributed by atoms with Crippen molar-refractivity contribution < 1.29 is 89.7 Å². The number of rotatable bonds is 14. The van der Waals surface area contributed by atoms with Gasteiger partial charge in [-0.25, -0.2) is 38.2 Å². The minimum Gasteiger partial charge on any atom is -0.387 e. The van der Waals surface area contributed by atoms with Crippen molar-refractivity contribution in [2.45, 2.75) is 49.1 Å². The summed E-state index contributed by atoms with van der Waals surface area (Å²) in [7, 11) is -24.0. The first kappa shape index (κ1) is 40.5. The predicted octanol–water partition coefficient (Wildman–Crippen LogP) is -3.15. The molecule has 13 N–H and O–H groups in total. The Morgan fingerprint density at radius 1 is 0.685 bits per heavy atom. The Kier molecular flexibility index (Phi) is 11.0. The minimum atomic E-state index is -6.22. The third kappa shape index (κ3) is 8.47. The number of hydrogen-bond acceptors (Lipinski definition) is 23. The molecular formula is C20H28N10O20P4. The Morgan fingerprint density at radius 3 is 1.67 bits per heavy atom. The zero-order valence-corrected chi connectivity index (χ0v) is 29.9. The Hall–Kier alpha value is -3.18. The summed E-state index contributed by atoms with van der Waals surface area (Å²) in [5.41, 5.74) is 10.3. The Morgan fingerprint density at radius 2 is 1.15 bits per heavy atom. The van der Waals surface area contributed by atoms with Crippen LogP contribution in [0, 0.1) is 0 Å². The second-order valence-corrected chi connectivity index (χ2v) is 17.4. The van der Waals surface area contributed by atoms with E-state index in [0.29, 0.717) is 0 Å². The average Bonchev–Trinajstić information content (AvgIpc) is 3.79. The van der Waals surface area contributed by atoms with Gasteiger partial charge in [0.15, 0.2) is 35.1 Å². The first-order chi connectivity index (χ1) is 25.1. The van der Waals surface area contributed by atoms with E-state index in [0.717, 1.165) is 28.1 Å². The van der Waals surface area contributed by atoms with Crippen LogP contribution in [0.2, 0.25) is 0 Å². The van der Waals surface area contributed by atoms with Gasteiger partial charge in [0.05, 0.1) is 25.9 Å². The highest BCUT2D eigenvalue weighted by Gasteiger charge is 2.50. The fourth-order valence-corrected chi connectivity index (χ4v) is 10.1. The predicted molar refractivity (Wildman–Crippen MR) is 169 cm³/mol. The van der Waals surface area contributed by atoms with Crippen LogP contribution >= 0.6 is 31.3 Å². The van der Waals surface area contributed by atoms with Gasteiger partial charge in [-0.1, -0.05) is 0 Å². The molecule has 298 valence electrons. The number of hydrogen-bond donors (Lipinski definition) is 11. The molecule has 0 bridgehead atoms. The standard InChI is InChI=1S/C20H28N10O20P4/c21-14-8-15(24-3-23-14)29(4-25-8)18-12(33)10(31)6(46-18)1-44-51(36,37)48-53(40,41)50-54(42,43)49-52(38,39)45-2-7-11(32)13(34)19(47-7)30-5-26-9-16(30)27-20(22)28-17(9)35/h3-7,10-13,18-19,31-34H,1-2H2,(H,36,37)(H,38,39)(H,40,41)(H,42,43)(H2,21,23,24)(H3,22,27,28,35). The summed E-state index contributed by atoms with van der Waals surface area (Å²) in [4.78, 5) is 73.2. The number of aliphatic hydroxyl groups is 4.